The van der Waals surface area contributed by atoms with Crippen molar-refractivity contribution in [1.82, 2.24) is 0 Å². The van der Waals surface area contributed by atoms with Crippen LogP contribution in [0.25, 0.3) is 0 Å². The molecule has 0 amide bonds. The van der Waals surface area contributed by atoms with Crippen molar-refractivity contribution in [2.75, 3.05) is 54.1 Å². The van der Waals surface area contributed by atoms with E-state index in [4.69, 9.17) is 18.5 Å². The van der Waals surface area contributed by atoms with Gasteiger partial charge in [-0.15, -0.1) is 0 Å². The first kappa shape index (κ1) is 57.0. The van der Waals surface area contributed by atoms with Crippen LogP contribution in [-0.2, 0) is 27.9 Å². The lowest BCUT2D eigenvalue weighted by molar-refractivity contribution is -0.870. The number of carbonyl (C=O) groups is 1. The molecule has 0 bridgehead atoms. The summed E-state index contributed by atoms with van der Waals surface area (Å²) in [6.07, 6.45) is 49.2. The van der Waals surface area contributed by atoms with Crippen molar-refractivity contribution >= 4 is 13.8 Å². The van der Waals surface area contributed by atoms with Crippen LogP contribution in [-0.4, -0.2) is 75.6 Å². The largest absolute Gasteiger partial charge is 0.472 e. The fourth-order valence-electron chi connectivity index (χ4n) is 6.94. The van der Waals surface area contributed by atoms with Gasteiger partial charge in [-0.3, -0.25) is 13.8 Å². The summed E-state index contributed by atoms with van der Waals surface area (Å²) in [6.45, 7) is 5.64. The Balaban J connectivity index is 4.16. The van der Waals surface area contributed by atoms with E-state index in [9.17, 15) is 14.3 Å². The van der Waals surface area contributed by atoms with E-state index in [2.05, 4.69) is 38.2 Å². The minimum atomic E-state index is -4.28. The number of quaternary nitrogens is 1. The molecule has 9 heteroatoms. The van der Waals surface area contributed by atoms with Gasteiger partial charge < -0.3 is 18.9 Å². The van der Waals surface area contributed by atoms with Gasteiger partial charge in [0.2, 0.25) is 0 Å². The number of hydrogen-bond acceptors (Lipinski definition) is 6. The first-order valence-electron chi connectivity index (χ1n) is 24.6. The fraction of sp³-hybridized carbons (Fsp3) is 0.898. The third-order valence-electron chi connectivity index (χ3n) is 10.8. The molecule has 0 aliphatic carbocycles. The normalized spacial score (nSPS) is 13.8. The molecule has 2 unspecified atom stereocenters. The van der Waals surface area contributed by atoms with E-state index in [0.29, 0.717) is 24.1 Å². The summed E-state index contributed by atoms with van der Waals surface area (Å²) in [5, 5.41) is 0. The maximum Gasteiger partial charge on any atom is 0.472 e. The van der Waals surface area contributed by atoms with Gasteiger partial charge in [-0.05, 0) is 44.9 Å². The number of allylic oxidation sites excluding steroid dienone is 4. The number of phosphoric ester groups is 1. The number of likely N-dealkylation sites (N-methyl/N-ethyl adjacent to an activating group) is 1. The lowest BCUT2D eigenvalue weighted by atomic mass is 10.0. The minimum absolute atomic E-state index is 0.0896. The van der Waals surface area contributed by atoms with E-state index in [1.807, 2.05) is 21.1 Å². The zero-order valence-electron chi connectivity index (χ0n) is 39.0. The Morgan fingerprint density at radius 1 is 0.534 bits per heavy atom. The average Bonchev–Trinajstić information content (AvgIpc) is 3.18. The molecular weight excluding hydrogens is 746 g/mol. The molecule has 0 heterocycles. The minimum Gasteiger partial charge on any atom is -0.457 e. The van der Waals surface area contributed by atoms with Crippen LogP contribution >= 0.6 is 7.82 Å². The maximum atomic E-state index is 12.7. The van der Waals surface area contributed by atoms with Crippen molar-refractivity contribution in [3.05, 3.63) is 24.3 Å². The van der Waals surface area contributed by atoms with Crippen molar-refractivity contribution in [3.8, 4) is 0 Å². The van der Waals surface area contributed by atoms with Gasteiger partial charge in [0.25, 0.3) is 0 Å². The Hall–Kier alpha value is -1.02. The second-order valence-electron chi connectivity index (χ2n) is 17.9. The molecule has 0 aromatic rings. The second-order valence-corrected chi connectivity index (χ2v) is 19.3. The summed E-state index contributed by atoms with van der Waals surface area (Å²) in [7, 11) is 1.67. The van der Waals surface area contributed by atoms with Crippen LogP contribution in [0, 0.1) is 0 Å². The molecule has 0 aromatic heterocycles. The second kappa shape index (κ2) is 42.7. The van der Waals surface area contributed by atoms with E-state index >= 15 is 0 Å². The number of esters is 1. The summed E-state index contributed by atoms with van der Waals surface area (Å²) < 4.78 is 35.1. The Labute approximate surface area is 360 Å². The van der Waals surface area contributed by atoms with Crippen molar-refractivity contribution in [2.45, 2.75) is 232 Å². The van der Waals surface area contributed by atoms with E-state index in [0.717, 1.165) is 38.5 Å². The van der Waals surface area contributed by atoms with Gasteiger partial charge in [0.15, 0.2) is 0 Å². The quantitative estimate of drug-likeness (QED) is 0.0215. The maximum absolute atomic E-state index is 12.7. The Morgan fingerprint density at radius 3 is 1.41 bits per heavy atom. The Morgan fingerprint density at radius 2 is 0.948 bits per heavy atom. The van der Waals surface area contributed by atoms with Crippen LogP contribution in [0.5, 0.6) is 0 Å². The third kappa shape index (κ3) is 46.1. The molecule has 0 aliphatic heterocycles. The summed E-state index contributed by atoms with van der Waals surface area (Å²) in [4.78, 5) is 23.0. The van der Waals surface area contributed by atoms with Crippen LogP contribution in [0.2, 0.25) is 0 Å². The van der Waals surface area contributed by atoms with Gasteiger partial charge in [0.05, 0.1) is 34.4 Å². The number of ether oxygens (including phenoxy) is 2. The number of nitrogens with zero attached hydrogens (tertiary/aromatic N) is 1. The van der Waals surface area contributed by atoms with Crippen LogP contribution in [0.4, 0.5) is 0 Å². The predicted octanol–water partition coefficient (Wildman–Crippen LogP) is 14.8. The Bertz CT molecular complexity index is 983. The van der Waals surface area contributed by atoms with Gasteiger partial charge >= 0.3 is 13.8 Å². The summed E-state index contributed by atoms with van der Waals surface area (Å²) in [5.74, 6) is -0.312. The number of rotatable bonds is 46. The van der Waals surface area contributed by atoms with Crippen molar-refractivity contribution in [3.63, 3.8) is 0 Å². The van der Waals surface area contributed by atoms with Crippen molar-refractivity contribution in [2.24, 2.45) is 0 Å². The van der Waals surface area contributed by atoms with E-state index < -0.39 is 13.9 Å². The number of hydrogen-bond donors (Lipinski definition) is 1. The highest BCUT2D eigenvalue weighted by molar-refractivity contribution is 7.47. The highest BCUT2D eigenvalue weighted by Crippen LogP contribution is 2.43. The summed E-state index contributed by atoms with van der Waals surface area (Å²) in [5.41, 5.74) is 0. The van der Waals surface area contributed by atoms with Gasteiger partial charge in [-0.2, -0.15) is 0 Å². The monoisotopic (exact) mass is 843 g/mol. The number of phosphoric acid groups is 1. The summed E-state index contributed by atoms with van der Waals surface area (Å²) >= 11 is 0. The molecule has 2 atom stereocenters. The number of carbonyl (C=O) groups excluding carboxylic acids is 1. The molecule has 344 valence electrons. The summed E-state index contributed by atoms with van der Waals surface area (Å²) in [6, 6.07) is 0. The van der Waals surface area contributed by atoms with Gasteiger partial charge in [-0.1, -0.05) is 199 Å². The molecule has 0 saturated carbocycles. The first-order chi connectivity index (χ1) is 28.1. The Kier molecular flexibility index (Phi) is 41.9. The molecule has 8 nitrogen and oxygen atoms in total. The van der Waals surface area contributed by atoms with Crippen LogP contribution in [0.15, 0.2) is 24.3 Å². The molecule has 1 N–H and O–H groups in total. The van der Waals surface area contributed by atoms with Gasteiger partial charge in [-0.25, -0.2) is 4.57 Å². The molecule has 0 radical (unpaired) electrons. The SMILES string of the molecule is CCCCCC/C=C\C/C=C\CCCCCCCCCCOCC(COP(=O)(O)OCC[N+](C)(C)C)OC(=O)CCCCCCCCCCCCCCCCCCC. The molecule has 58 heavy (non-hydrogen) atoms. The zero-order valence-corrected chi connectivity index (χ0v) is 39.9. The van der Waals surface area contributed by atoms with E-state index in [-0.39, 0.29) is 25.8 Å². The van der Waals surface area contributed by atoms with Crippen LogP contribution in [0.1, 0.15) is 226 Å². The van der Waals surface area contributed by atoms with Crippen molar-refractivity contribution in [1.29, 1.82) is 0 Å². The van der Waals surface area contributed by atoms with Crippen molar-refractivity contribution < 1.29 is 37.3 Å². The van der Waals surface area contributed by atoms with Gasteiger partial charge in [0.1, 0.15) is 19.3 Å². The molecule has 0 saturated heterocycles. The topological polar surface area (TPSA) is 91.3 Å². The lowest BCUT2D eigenvalue weighted by Gasteiger charge is -2.24. The predicted molar refractivity (Wildman–Crippen MR) is 247 cm³/mol. The molecular formula is C49H97NO7P+. The average molecular weight is 843 g/mol. The highest BCUT2D eigenvalue weighted by atomic mass is 31.2. The zero-order chi connectivity index (χ0) is 42.7. The number of unbranched alkanes of at least 4 members (excludes halogenated alkanes) is 28. The van der Waals surface area contributed by atoms with Crippen LogP contribution < -0.4 is 0 Å². The van der Waals surface area contributed by atoms with E-state index in [1.165, 1.54) is 167 Å². The molecule has 0 aromatic carbocycles. The molecule has 0 spiro atoms. The van der Waals surface area contributed by atoms with Crippen LogP contribution in [0.3, 0.4) is 0 Å². The third-order valence-corrected chi connectivity index (χ3v) is 11.7. The standard InChI is InChI=1S/C49H96NO7P/c1-6-8-10-12-14-16-18-20-22-24-25-27-29-31-33-35-37-39-41-44-54-46-48(47-56-58(52,53)55-45-43-50(3,4)5)57-49(51)42-40-38-36-34-32-30-28-26-23-21-19-17-15-13-11-9-7-2/h16,18,22,24,48H,6-15,17,19-21,23,25-47H2,1-5H3/p+1/b18-16-,24-22-. The molecule has 0 rings (SSSR count). The lowest BCUT2D eigenvalue weighted by Crippen LogP contribution is -2.37. The van der Waals surface area contributed by atoms with E-state index in [1.54, 1.807) is 0 Å². The van der Waals surface area contributed by atoms with Gasteiger partial charge in [0, 0.05) is 13.0 Å². The fourth-order valence-corrected chi connectivity index (χ4v) is 7.68. The highest BCUT2D eigenvalue weighted by Gasteiger charge is 2.26. The molecule has 0 fully saturated rings. The molecule has 0 aliphatic rings. The smallest absolute Gasteiger partial charge is 0.457 e. The first-order valence-corrected chi connectivity index (χ1v) is 26.1.